The third kappa shape index (κ3) is 5.89. The lowest BCUT2D eigenvalue weighted by Crippen LogP contribution is -2.42. The van der Waals surface area contributed by atoms with Crippen molar-refractivity contribution in [1.29, 1.82) is 0 Å². The summed E-state index contributed by atoms with van der Waals surface area (Å²) < 4.78 is 38.6. The van der Waals surface area contributed by atoms with E-state index in [-0.39, 0.29) is 29.8 Å². The van der Waals surface area contributed by atoms with E-state index in [9.17, 15) is 22.8 Å². The Morgan fingerprint density at radius 2 is 1.84 bits per heavy atom. The average Bonchev–Trinajstić information content (AvgIpc) is 2.75. The Morgan fingerprint density at radius 3 is 2.44 bits per heavy atom. The number of halogens is 5. The Morgan fingerprint density at radius 1 is 1.16 bits per heavy atom. The first-order valence-corrected chi connectivity index (χ1v) is 10.2. The van der Waals surface area contributed by atoms with Gasteiger partial charge in [-0.05, 0) is 42.7 Å². The van der Waals surface area contributed by atoms with Crippen molar-refractivity contribution < 1.29 is 22.8 Å². The van der Waals surface area contributed by atoms with E-state index in [0.717, 1.165) is 12.3 Å². The van der Waals surface area contributed by atoms with Crippen LogP contribution in [0.3, 0.4) is 0 Å². The molecule has 2 heterocycles. The number of alkyl halides is 3. The van der Waals surface area contributed by atoms with Crippen molar-refractivity contribution in [1.82, 2.24) is 15.3 Å². The molecule has 7 nitrogen and oxygen atoms in total. The molecule has 0 spiro atoms. The second-order valence-electron chi connectivity index (χ2n) is 7.09. The minimum Gasteiger partial charge on any atom is -0.364 e. The number of anilines is 1. The Hall–Kier alpha value is -2.85. The maximum atomic E-state index is 12.9. The Balaban J connectivity index is 1.65. The second kappa shape index (κ2) is 9.74. The zero-order valence-corrected chi connectivity index (χ0v) is 18.0. The minimum absolute atomic E-state index is 0.0454. The number of nitrogens with one attached hydrogen (secondary N) is 1. The summed E-state index contributed by atoms with van der Waals surface area (Å²) in [6, 6.07) is 5.47. The molecule has 0 radical (unpaired) electrons. The van der Waals surface area contributed by atoms with Gasteiger partial charge in [0.05, 0.1) is 10.0 Å². The molecule has 1 fully saturated rings. The number of rotatable bonds is 5. The quantitative estimate of drug-likeness (QED) is 0.626. The predicted octanol–water partition coefficient (Wildman–Crippen LogP) is 3.66. The number of nitrogens with two attached hydrogens (primary N) is 1. The molecule has 1 aliphatic rings. The van der Waals surface area contributed by atoms with E-state index in [1.54, 1.807) is 17.0 Å². The van der Waals surface area contributed by atoms with Crippen molar-refractivity contribution in [3.8, 4) is 0 Å². The van der Waals surface area contributed by atoms with Crippen molar-refractivity contribution in [3.63, 3.8) is 0 Å². The van der Waals surface area contributed by atoms with Crippen molar-refractivity contribution in [2.24, 2.45) is 11.7 Å². The summed E-state index contributed by atoms with van der Waals surface area (Å²) in [6.07, 6.45) is -1.46. The highest BCUT2D eigenvalue weighted by atomic mass is 35.5. The number of hydrogen-bond acceptors (Lipinski definition) is 5. The summed E-state index contributed by atoms with van der Waals surface area (Å²) in [4.78, 5) is 33.5. The van der Waals surface area contributed by atoms with Crippen LogP contribution < -0.4 is 16.0 Å². The number of nitrogens with zero attached hydrogens (tertiary/aromatic N) is 3. The van der Waals surface area contributed by atoms with Gasteiger partial charge in [0.1, 0.15) is 11.4 Å². The Bertz CT molecular complexity index is 1050. The van der Waals surface area contributed by atoms with Gasteiger partial charge in [-0.3, -0.25) is 9.59 Å². The topological polar surface area (TPSA) is 101 Å². The summed E-state index contributed by atoms with van der Waals surface area (Å²) in [5.74, 6) is -1.76. The molecule has 3 rings (SSSR count). The molecule has 0 aliphatic carbocycles. The number of benzene rings is 1. The van der Waals surface area contributed by atoms with Crippen molar-refractivity contribution in [2.45, 2.75) is 19.0 Å². The zero-order valence-electron chi connectivity index (χ0n) is 16.5. The third-order valence-electron chi connectivity index (χ3n) is 4.86. The largest absolute Gasteiger partial charge is 0.433 e. The van der Waals surface area contributed by atoms with Gasteiger partial charge in [0, 0.05) is 25.2 Å². The van der Waals surface area contributed by atoms with Gasteiger partial charge in [-0.2, -0.15) is 13.2 Å². The molecule has 1 saturated heterocycles. The molecule has 0 saturated carbocycles. The van der Waals surface area contributed by atoms with E-state index >= 15 is 0 Å². The fraction of sp³-hybridized carbons (Fsp3) is 0.300. The summed E-state index contributed by atoms with van der Waals surface area (Å²) in [5.41, 5.74) is 4.76. The smallest absolute Gasteiger partial charge is 0.364 e. The van der Waals surface area contributed by atoms with Crippen molar-refractivity contribution in [2.75, 3.05) is 18.0 Å². The zero-order chi connectivity index (χ0) is 23.5. The van der Waals surface area contributed by atoms with Crippen molar-refractivity contribution >= 4 is 47.0 Å². The van der Waals surface area contributed by atoms with Gasteiger partial charge in [0.15, 0.2) is 0 Å². The minimum atomic E-state index is -4.57. The standard InChI is InChI=1S/C20H18Cl2F3N5O2/c21-13-2-1-11(9-14(13)22)10-15(17(26)31)28-18(32)12-4-7-30(8-5-12)19-27-6-3-16(29-19)20(23,24)25/h1-3,6,9-10,12H,4-5,7-8H2,(H2,26,31)(H,28,32)/b15-10+. The second-order valence-corrected chi connectivity index (χ2v) is 7.90. The molecule has 170 valence electrons. The van der Waals surface area contributed by atoms with Gasteiger partial charge in [-0.15, -0.1) is 0 Å². The van der Waals surface area contributed by atoms with E-state index in [4.69, 9.17) is 28.9 Å². The lowest BCUT2D eigenvalue weighted by atomic mass is 9.96. The number of amides is 2. The Labute approximate surface area is 191 Å². The molecule has 0 bridgehead atoms. The number of piperidine rings is 1. The summed E-state index contributed by atoms with van der Waals surface area (Å²) in [5, 5.41) is 3.14. The molecule has 3 N–H and O–H groups in total. The molecule has 32 heavy (non-hydrogen) atoms. The fourth-order valence-electron chi connectivity index (χ4n) is 3.17. The highest BCUT2D eigenvalue weighted by molar-refractivity contribution is 6.42. The monoisotopic (exact) mass is 487 g/mol. The van der Waals surface area contributed by atoms with Gasteiger partial charge >= 0.3 is 6.18 Å². The first kappa shape index (κ1) is 23.8. The molecule has 0 unspecified atom stereocenters. The third-order valence-corrected chi connectivity index (χ3v) is 5.60. The highest BCUT2D eigenvalue weighted by Crippen LogP contribution is 2.29. The van der Waals surface area contributed by atoms with Gasteiger partial charge in [-0.25, -0.2) is 9.97 Å². The van der Waals surface area contributed by atoms with Crippen LogP contribution >= 0.6 is 23.2 Å². The number of carbonyl (C=O) groups excluding carboxylic acids is 2. The normalized spacial score (nSPS) is 15.5. The molecule has 2 amide bonds. The Kier molecular flexibility index (Phi) is 7.25. The van der Waals surface area contributed by atoms with Gasteiger partial charge in [0.2, 0.25) is 11.9 Å². The van der Waals surface area contributed by atoms with Gasteiger partial charge in [0.25, 0.3) is 5.91 Å². The van der Waals surface area contributed by atoms with E-state index in [0.29, 0.717) is 23.4 Å². The van der Waals surface area contributed by atoms with Crippen LogP contribution in [0.5, 0.6) is 0 Å². The number of carbonyl (C=O) groups is 2. The number of aromatic nitrogens is 2. The molecule has 12 heteroatoms. The summed E-state index contributed by atoms with van der Waals surface area (Å²) in [7, 11) is 0. The van der Waals surface area contributed by atoms with Crippen LogP contribution in [0.2, 0.25) is 10.0 Å². The average molecular weight is 488 g/mol. The first-order chi connectivity index (χ1) is 15.0. The molecule has 2 aromatic rings. The maximum Gasteiger partial charge on any atom is 0.433 e. The first-order valence-electron chi connectivity index (χ1n) is 9.47. The van der Waals surface area contributed by atoms with Crippen molar-refractivity contribution in [3.05, 3.63) is 57.5 Å². The lowest BCUT2D eigenvalue weighted by molar-refractivity contribution is -0.141. The molecule has 1 aliphatic heterocycles. The fourth-order valence-corrected chi connectivity index (χ4v) is 3.48. The van der Waals surface area contributed by atoms with E-state index in [2.05, 4.69) is 15.3 Å². The molecule has 0 atom stereocenters. The SMILES string of the molecule is NC(=O)/C(=C\c1ccc(Cl)c(Cl)c1)NC(=O)C1CCN(c2nccc(C(F)(F)F)n2)CC1. The van der Waals surface area contributed by atoms with Crippen LogP contribution in [0, 0.1) is 5.92 Å². The van der Waals surface area contributed by atoms with Crippen LogP contribution in [0.15, 0.2) is 36.2 Å². The summed E-state index contributed by atoms with van der Waals surface area (Å²) in [6.45, 7) is 0.559. The number of hydrogen-bond donors (Lipinski definition) is 2. The highest BCUT2D eigenvalue weighted by Gasteiger charge is 2.34. The van der Waals surface area contributed by atoms with Gasteiger partial charge in [-0.1, -0.05) is 29.3 Å². The van der Waals surface area contributed by atoms with Crippen LogP contribution in [-0.4, -0.2) is 34.9 Å². The predicted molar refractivity (Wildman–Crippen MR) is 114 cm³/mol. The molecule has 1 aromatic heterocycles. The maximum absolute atomic E-state index is 12.9. The molecule has 1 aromatic carbocycles. The summed E-state index contributed by atoms with van der Waals surface area (Å²) >= 11 is 11.8. The van der Waals surface area contributed by atoms with Crippen LogP contribution in [0.25, 0.3) is 6.08 Å². The molecular formula is C20H18Cl2F3N5O2. The molecular weight excluding hydrogens is 470 g/mol. The van der Waals surface area contributed by atoms with Crippen LogP contribution in [-0.2, 0) is 15.8 Å². The van der Waals surface area contributed by atoms with Crippen LogP contribution in [0.4, 0.5) is 19.1 Å². The number of primary amides is 1. The van der Waals surface area contributed by atoms with Crippen LogP contribution in [0.1, 0.15) is 24.1 Å². The van der Waals surface area contributed by atoms with E-state index < -0.39 is 29.6 Å². The lowest BCUT2D eigenvalue weighted by Gasteiger charge is -2.31. The van der Waals surface area contributed by atoms with Gasteiger partial charge < -0.3 is 16.0 Å². The van der Waals surface area contributed by atoms with E-state index in [1.165, 1.54) is 12.1 Å². The van der Waals surface area contributed by atoms with E-state index in [1.807, 2.05) is 0 Å².